The van der Waals surface area contributed by atoms with Gasteiger partial charge in [0.25, 0.3) is 0 Å². The van der Waals surface area contributed by atoms with Crippen LogP contribution in [0, 0.1) is 0 Å². The molecule has 1 heteroatoms. The summed E-state index contributed by atoms with van der Waals surface area (Å²) < 4.78 is 0. The predicted molar refractivity (Wildman–Crippen MR) is 59.5 cm³/mol. The van der Waals surface area contributed by atoms with E-state index in [9.17, 15) is 0 Å². The number of aromatic nitrogens is 1. The van der Waals surface area contributed by atoms with Gasteiger partial charge in [-0.1, -0.05) is 26.8 Å². The summed E-state index contributed by atoms with van der Waals surface area (Å²) in [5.41, 5.74) is 2.88. The molecule has 1 fully saturated rings. The van der Waals surface area contributed by atoms with Gasteiger partial charge in [0.2, 0.25) is 0 Å². The van der Waals surface area contributed by atoms with Crippen LogP contribution in [-0.4, -0.2) is 4.98 Å². The average Bonchev–Trinajstić information content (AvgIpc) is 3.01. The molecule has 76 valence electrons. The van der Waals surface area contributed by atoms with E-state index in [0.717, 1.165) is 12.3 Å². The summed E-state index contributed by atoms with van der Waals surface area (Å²) in [5, 5.41) is 0. The predicted octanol–water partition coefficient (Wildman–Crippen LogP) is 3.65. The van der Waals surface area contributed by atoms with E-state index >= 15 is 0 Å². The van der Waals surface area contributed by atoms with Gasteiger partial charge in [0.15, 0.2) is 0 Å². The van der Waals surface area contributed by atoms with Crippen LogP contribution in [0.4, 0.5) is 0 Å². The third kappa shape index (κ3) is 1.82. The second-order valence-electron chi connectivity index (χ2n) is 4.99. The Balaban J connectivity index is 2.20. The topological polar surface area (TPSA) is 12.9 Å². The molecule has 1 nitrogen and oxygen atoms in total. The van der Waals surface area contributed by atoms with Gasteiger partial charge < -0.3 is 0 Å². The lowest BCUT2D eigenvalue weighted by atomic mass is 9.86. The first kappa shape index (κ1) is 9.70. The summed E-state index contributed by atoms with van der Waals surface area (Å²) in [6.45, 7) is 6.73. The van der Waals surface area contributed by atoms with Crippen LogP contribution in [-0.2, 0) is 5.41 Å². The van der Waals surface area contributed by atoms with E-state index in [-0.39, 0.29) is 5.41 Å². The van der Waals surface area contributed by atoms with Gasteiger partial charge in [-0.2, -0.15) is 0 Å². The largest absolute Gasteiger partial charge is 0.260 e. The van der Waals surface area contributed by atoms with Gasteiger partial charge in [0.1, 0.15) is 0 Å². The fraction of sp³-hybridized carbons (Fsp3) is 0.615. The third-order valence-corrected chi connectivity index (χ3v) is 3.41. The third-order valence-electron chi connectivity index (χ3n) is 3.41. The molecule has 1 aromatic heterocycles. The average molecular weight is 189 g/mol. The normalized spacial score (nSPS) is 17.1. The Kier molecular flexibility index (Phi) is 2.34. The molecule has 0 atom stereocenters. The quantitative estimate of drug-likeness (QED) is 0.707. The summed E-state index contributed by atoms with van der Waals surface area (Å²) in [6, 6.07) is 4.47. The highest BCUT2D eigenvalue weighted by atomic mass is 14.7. The Morgan fingerprint density at radius 1 is 1.36 bits per heavy atom. The van der Waals surface area contributed by atoms with Crippen molar-refractivity contribution < 1.29 is 0 Å². The van der Waals surface area contributed by atoms with Gasteiger partial charge >= 0.3 is 0 Å². The highest BCUT2D eigenvalue weighted by Gasteiger charge is 2.25. The van der Waals surface area contributed by atoms with Crippen molar-refractivity contribution in [1.82, 2.24) is 4.98 Å². The van der Waals surface area contributed by atoms with Crippen molar-refractivity contribution >= 4 is 0 Å². The van der Waals surface area contributed by atoms with Crippen LogP contribution in [0.5, 0.6) is 0 Å². The maximum Gasteiger partial charge on any atom is 0.0459 e. The van der Waals surface area contributed by atoms with E-state index in [1.165, 1.54) is 24.1 Å². The molecule has 14 heavy (non-hydrogen) atoms. The van der Waals surface area contributed by atoms with Gasteiger partial charge in [-0.05, 0) is 36.8 Å². The summed E-state index contributed by atoms with van der Waals surface area (Å²) in [4.78, 5) is 4.58. The molecule has 1 heterocycles. The first-order valence-corrected chi connectivity index (χ1v) is 5.60. The zero-order valence-corrected chi connectivity index (χ0v) is 9.38. The number of hydrogen-bond acceptors (Lipinski definition) is 1. The molecule has 0 aliphatic heterocycles. The van der Waals surface area contributed by atoms with Crippen molar-refractivity contribution in [1.29, 1.82) is 0 Å². The van der Waals surface area contributed by atoms with Crippen LogP contribution in [0.1, 0.15) is 57.2 Å². The van der Waals surface area contributed by atoms with Crippen LogP contribution < -0.4 is 0 Å². The molecule has 0 aromatic carbocycles. The molecule has 0 saturated heterocycles. The minimum Gasteiger partial charge on any atom is -0.260 e. The second kappa shape index (κ2) is 3.38. The molecule has 0 spiro atoms. The van der Waals surface area contributed by atoms with Crippen LogP contribution in [0.25, 0.3) is 0 Å². The molecule has 0 bridgehead atoms. The fourth-order valence-corrected chi connectivity index (χ4v) is 1.64. The summed E-state index contributed by atoms with van der Waals surface area (Å²) in [7, 11) is 0. The number of hydrogen-bond donors (Lipinski definition) is 0. The van der Waals surface area contributed by atoms with E-state index in [1.54, 1.807) is 0 Å². The first-order chi connectivity index (χ1) is 6.63. The standard InChI is InChI=1S/C13H19N/c1-4-13(2,3)12-8-7-11(9-14-12)10-5-6-10/h7-10H,4-6H2,1-3H3. The lowest BCUT2D eigenvalue weighted by Crippen LogP contribution is -2.17. The molecule has 0 radical (unpaired) electrons. The highest BCUT2D eigenvalue weighted by molar-refractivity contribution is 5.25. The molecular weight excluding hydrogens is 170 g/mol. The lowest BCUT2D eigenvalue weighted by molar-refractivity contribution is 0.490. The summed E-state index contributed by atoms with van der Waals surface area (Å²) in [6.07, 6.45) is 5.93. The fourth-order valence-electron chi connectivity index (χ4n) is 1.64. The number of pyridine rings is 1. The van der Waals surface area contributed by atoms with Crippen molar-refractivity contribution in [2.75, 3.05) is 0 Å². The highest BCUT2D eigenvalue weighted by Crippen LogP contribution is 2.40. The van der Waals surface area contributed by atoms with Gasteiger partial charge in [-0.3, -0.25) is 4.98 Å². The minimum absolute atomic E-state index is 0.224. The van der Waals surface area contributed by atoms with Gasteiger partial charge in [-0.25, -0.2) is 0 Å². The monoisotopic (exact) mass is 189 g/mol. The first-order valence-electron chi connectivity index (χ1n) is 5.60. The Morgan fingerprint density at radius 3 is 2.50 bits per heavy atom. The van der Waals surface area contributed by atoms with Crippen LogP contribution in [0.3, 0.4) is 0 Å². The van der Waals surface area contributed by atoms with Crippen LogP contribution in [0.2, 0.25) is 0 Å². The van der Waals surface area contributed by atoms with Crippen LogP contribution >= 0.6 is 0 Å². The number of rotatable bonds is 3. The van der Waals surface area contributed by atoms with Crippen LogP contribution in [0.15, 0.2) is 18.3 Å². The van der Waals surface area contributed by atoms with Gasteiger partial charge in [-0.15, -0.1) is 0 Å². The molecule has 1 aliphatic rings. The van der Waals surface area contributed by atoms with Crippen molar-refractivity contribution in [3.8, 4) is 0 Å². The zero-order chi connectivity index (χ0) is 10.2. The molecule has 1 aliphatic carbocycles. The van der Waals surface area contributed by atoms with Crippen molar-refractivity contribution in [2.24, 2.45) is 0 Å². The van der Waals surface area contributed by atoms with E-state index in [0.29, 0.717) is 0 Å². The Bertz CT molecular complexity index is 307. The smallest absolute Gasteiger partial charge is 0.0459 e. The molecule has 0 amide bonds. The van der Waals surface area contributed by atoms with Crippen molar-refractivity contribution in [2.45, 2.75) is 51.4 Å². The second-order valence-corrected chi connectivity index (χ2v) is 4.99. The van der Waals surface area contributed by atoms with Crippen molar-refractivity contribution in [3.63, 3.8) is 0 Å². The van der Waals surface area contributed by atoms with E-state index < -0.39 is 0 Å². The van der Waals surface area contributed by atoms with E-state index in [1.807, 2.05) is 0 Å². The Morgan fingerprint density at radius 2 is 2.07 bits per heavy atom. The van der Waals surface area contributed by atoms with E-state index in [4.69, 9.17) is 0 Å². The SMILES string of the molecule is CCC(C)(C)c1ccc(C2CC2)cn1. The number of nitrogens with zero attached hydrogens (tertiary/aromatic N) is 1. The maximum absolute atomic E-state index is 4.58. The van der Waals surface area contributed by atoms with Gasteiger partial charge in [0, 0.05) is 17.3 Å². The molecule has 0 N–H and O–H groups in total. The Labute approximate surface area is 86.6 Å². The zero-order valence-electron chi connectivity index (χ0n) is 9.38. The maximum atomic E-state index is 4.58. The molecule has 0 unspecified atom stereocenters. The lowest BCUT2D eigenvalue weighted by Gasteiger charge is -2.21. The molecule has 1 saturated carbocycles. The molecular formula is C13H19N. The minimum atomic E-state index is 0.224. The van der Waals surface area contributed by atoms with Gasteiger partial charge in [0.05, 0.1) is 0 Å². The van der Waals surface area contributed by atoms with E-state index in [2.05, 4.69) is 44.1 Å². The van der Waals surface area contributed by atoms with Crippen molar-refractivity contribution in [3.05, 3.63) is 29.6 Å². The molecule has 1 aromatic rings. The summed E-state index contributed by atoms with van der Waals surface area (Å²) >= 11 is 0. The molecule has 2 rings (SSSR count). The summed E-state index contributed by atoms with van der Waals surface area (Å²) in [5.74, 6) is 0.821. The Hall–Kier alpha value is -0.850.